The van der Waals surface area contributed by atoms with Crippen LogP contribution in [0.2, 0.25) is 0 Å². The van der Waals surface area contributed by atoms with Gasteiger partial charge in [0, 0.05) is 0 Å². The molecular weight excluding hydrogens is 246 g/mol. The van der Waals surface area contributed by atoms with Crippen molar-refractivity contribution in [1.82, 2.24) is 0 Å². The van der Waals surface area contributed by atoms with Crippen molar-refractivity contribution in [3.05, 3.63) is 41.5 Å². The van der Waals surface area contributed by atoms with Gasteiger partial charge in [-0.3, -0.25) is 0 Å². The Bertz CT molecular complexity index is 424. The Labute approximate surface area is 93.6 Å². The van der Waals surface area contributed by atoms with Gasteiger partial charge in [0.25, 0.3) is 0 Å². The van der Waals surface area contributed by atoms with Crippen molar-refractivity contribution in [2.24, 2.45) is 0 Å². The number of rotatable bonds is 1. The molecule has 1 rings (SSSR count). The highest BCUT2D eigenvalue weighted by atomic mass is 19.4. The minimum atomic E-state index is -4.67. The number of alkyl halides is 6. The second kappa shape index (κ2) is 4.43. The molecule has 6 heteroatoms. The van der Waals surface area contributed by atoms with Crippen molar-refractivity contribution in [1.29, 1.82) is 0 Å². The Hall–Kier alpha value is -1.46. The molecule has 1 aromatic carbocycles. The average molecular weight is 254 g/mol. The minimum absolute atomic E-state index is 0.489. The third kappa shape index (κ3) is 3.25. The molecule has 1 aromatic rings. The lowest BCUT2D eigenvalue weighted by molar-refractivity contribution is -0.137. The zero-order chi connectivity index (χ0) is 13.3. The number of hydrogen-bond acceptors (Lipinski definition) is 0. The molecule has 0 N–H and O–H groups in total. The van der Waals surface area contributed by atoms with Crippen LogP contribution in [-0.4, -0.2) is 6.18 Å². The first-order valence-electron chi connectivity index (χ1n) is 4.57. The summed E-state index contributed by atoms with van der Waals surface area (Å²) >= 11 is 0. The quantitative estimate of drug-likeness (QED) is 0.639. The third-order valence-electron chi connectivity index (χ3n) is 2.09. The Morgan fingerprint density at radius 3 is 2.06 bits per heavy atom. The molecule has 0 aromatic heterocycles. The smallest absolute Gasteiger partial charge is 0.166 e. The van der Waals surface area contributed by atoms with E-state index in [0.717, 1.165) is 31.2 Å². The van der Waals surface area contributed by atoms with E-state index >= 15 is 0 Å². The second-order valence-corrected chi connectivity index (χ2v) is 3.28. The molecule has 0 aliphatic heterocycles. The summed E-state index contributed by atoms with van der Waals surface area (Å²) in [6.45, 7) is 1.13. The highest BCUT2D eigenvalue weighted by Gasteiger charge is 2.36. The summed E-state index contributed by atoms with van der Waals surface area (Å²) in [4.78, 5) is 0. The van der Waals surface area contributed by atoms with Crippen LogP contribution in [-0.2, 0) is 6.18 Å². The lowest BCUT2D eigenvalue weighted by atomic mass is 10.0. The van der Waals surface area contributed by atoms with Crippen LogP contribution in [0.5, 0.6) is 0 Å². The molecule has 0 aliphatic rings. The number of halogens is 6. The monoisotopic (exact) mass is 254 g/mol. The van der Waals surface area contributed by atoms with E-state index in [1.807, 2.05) is 0 Å². The first kappa shape index (κ1) is 13.6. The molecule has 17 heavy (non-hydrogen) atoms. The molecule has 0 aliphatic carbocycles. The van der Waals surface area contributed by atoms with E-state index in [1.165, 1.54) is 0 Å². The summed E-state index contributed by atoms with van der Waals surface area (Å²) in [5.41, 5.74) is -2.67. The second-order valence-electron chi connectivity index (χ2n) is 3.28. The first-order chi connectivity index (χ1) is 7.66. The van der Waals surface area contributed by atoms with Crippen LogP contribution in [0.4, 0.5) is 26.3 Å². The molecule has 0 nitrogen and oxygen atoms in total. The molecule has 0 saturated heterocycles. The van der Waals surface area contributed by atoms with Gasteiger partial charge in [0.15, 0.2) is 0 Å². The molecule has 0 amide bonds. The van der Waals surface area contributed by atoms with Crippen LogP contribution in [0.25, 0.3) is 5.57 Å². The largest absolute Gasteiger partial charge is 0.416 e. The van der Waals surface area contributed by atoms with E-state index in [4.69, 9.17) is 0 Å². The normalized spacial score (nSPS) is 13.9. The standard InChI is InChI=1S/C11H8F6/c1-2-9(11(15,16)17)7-4-3-5-8(6-7)10(12,13)14/h2-6H,1H3/b9-2-. The van der Waals surface area contributed by atoms with Gasteiger partial charge in [-0.2, -0.15) is 26.3 Å². The number of hydrogen-bond donors (Lipinski definition) is 0. The molecule has 0 heterocycles. The van der Waals surface area contributed by atoms with Crippen LogP contribution in [0.1, 0.15) is 18.1 Å². The predicted octanol–water partition coefficient (Wildman–Crippen LogP) is 4.67. The summed E-state index contributed by atoms with van der Waals surface area (Å²) in [5, 5.41) is 0. The molecule has 0 radical (unpaired) electrons. The molecular formula is C11H8F6. The van der Waals surface area contributed by atoms with E-state index < -0.39 is 29.1 Å². The predicted molar refractivity (Wildman–Crippen MR) is 51.2 cm³/mol. The van der Waals surface area contributed by atoms with Gasteiger partial charge in [-0.1, -0.05) is 18.2 Å². The first-order valence-corrected chi connectivity index (χ1v) is 4.57. The van der Waals surface area contributed by atoms with Crippen LogP contribution < -0.4 is 0 Å². The molecule has 0 unspecified atom stereocenters. The van der Waals surface area contributed by atoms with Gasteiger partial charge in [-0.05, 0) is 24.6 Å². The Morgan fingerprint density at radius 2 is 1.65 bits per heavy atom. The van der Waals surface area contributed by atoms with E-state index in [0.29, 0.717) is 6.07 Å². The Morgan fingerprint density at radius 1 is 1.06 bits per heavy atom. The molecule has 0 saturated carbocycles. The van der Waals surface area contributed by atoms with Crippen LogP contribution in [0.15, 0.2) is 30.3 Å². The zero-order valence-electron chi connectivity index (χ0n) is 8.65. The lowest BCUT2D eigenvalue weighted by Gasteiger charge is -2.13. The topological polar surface area (TPSA) is 0 Å². The summed E-state index contributed by atoms with van der Waals surface area (Å²) in [7, 11) is 0. The summed E-state index contributed by atoms with van der Waals surface area (Å²) < 4.78 is 74.4. The Balaban J connectivity index is 3.25. The SMILES string of the molecule is C/C=C(/c1cccc(C(F)(F)F)c1)C(F)(F)F. The van der Waals surface area contributed by atoms with Gasteiger partial charge in [-0.15, -0.1) is 0 Å². The summed E-state index contributed by atoms with van der Waals surface area (Å²) in [5.74, 6) is 0. The van der Waals surface area contributed by atoms with Gasteiger partial charge < -0.3 is 0 Å². The highest BCUT2D eigenvalue weighted by Crippen LogP contribution is 2.36. The summed E-state index contributed by atoms with van der Waals surface area (Å²) in [6.07, 6.45) is -8.57. The molecule has 0 spiro atoms. The fourth-order valence-electron chi connectivity index (χ4n) is 1.36. The molecule has 0 fully saturated rings. The van der Waals surface area contributed by atoms with Gasteiger partial charge >= 0.3 is 12.4 Å². The zero-order valence-corrected chi connectivity index (χ0v) is 8.65. The van der Waals surface area contributed by atoms with E-state index in [2.05, 4.69) is 0 Å². The number of benzene rings is 1. The van der Waals surface area contributed by atoms with Gasteiger partial charge in [0.05, 0.1) is 11.1 Å². The van der Waals surface area contributed by atoms with Crippen molar-refractivity contribution >= 4 is 5.57 Å². The summed E-state index contributed by atoms with van der Waals surface area (Å²) in [6, 6.07) is 3.17. The van der Waals surface area contributed by atoms with Crippen molar-refractivity contribution < 1.29 is 26.3 Å². The maximum Gasteiger partial charge on any atom is 0.416 e. The van der Waals surface area contributed by atoms with Gasteiger partial charge in [-0.25, -0.2) is 0 Å². The highest BCUT2D eigenvalue weighted by molar-refractivity contribution is 5.69. The van der Waals surface area contributed by atoms with E-state index in [9.17, 15) is 26.3 Å². The van der Waals surface area contributed by atoms with Crippen LogP contribution >= 0.6 is 0 Å². The maximum absolute atomic E-state index is 12.5. The third-order valence-corrected chi connectivity index (χ3v) is 2.09. The minimum Gasteiger partial charge on any atom is -0.166 e. The molecule has 0 bridgehead atoms. The Kier molecular flexibility index (Phi) is 3.54. The fraction of sp³-hybridized carbons (Fsp3) is 0.273. The van der Waals surface area contributed by atoms with Gasteiger partial charge in [0.2, 0.25) is 0 Å². The van der Waals surface area contributed by atoms with Crippen molar-refractivity contribution in [3.8, 4) is 0 Å². The van der Waals surface area contributed by atoms with Crippen molar-refractivity contribution in [2.45, 2.75) is 19.3 Å². The molecule has 94 valence electrons. The van der Waals surface area contributed by atoms with E-state index in [1.54, 1.807) is 0 Å². The van der Waals surface area contributed by atoms with Crippen molar-refractivity contribution in [2.75, 3.05) is 0 Å². The van der Waals surface area contributed by atoms with Crippen LogP contribution in [0, 0.1) is 0 Å². The van der Waals surface area contributed by atoms with Crippen molar-refractivity contribution in [3.63, 3.8) is 0 Å². The maximum atomic E-state index is 12.5. The lowest BCUT2D eigenvalue weighted by Crippen LogP contribution is -2.12. The molecule has 0 atom stereocenters. The van der Waals surface area contributed by atoms with Crippen LogP contribution in [0.3, 0.4) is 0 Å². The average Bonchev–Trinajstić information content (AvgIpc) is 2.15. The fourth-order valence-corrected chi connectivity index (χ4v) is 1.36. The number of allylic oxidation sites excluding steroid dienone is 2. The van der Waals surface area contributed by atoms with E-state index in [-0.39, 0.29) is 0 Å². The van der Waals surface area contributed by atoms with Gasteiger partial charge in [0.1, 0.15) is 0 Å².